The molecule has 164 valence electrons. The molecule has 0 saturated carbocycles. The van der Waals surface area contributed by atoms with Crippen molar-refractivity contribution in [3.63, 3.8) is 0 Å². The summed E-state index contributed by atoms with van der Waals surface area (Å²) in [4.78, 5) is 18.5. The van der Waals surface area contributed by atoms with E-state index in [9.17, 15) is 9.18 Å². The summed E-state index contributed by atoms with van der Waals surface area (Å²) in [5.41, 5.74) is 11.1. The predicted molar refractivity (Wildman–Crippen MR) is 117 cm³/mol. The van der Waals surface area contributed by atoms with Gasteiger partial charge < -0.3 is 15.5 Å². The van der Waals surface area contributed by atoms with Gasteiger partial charge in [0.15, 0.2) is 0 Å². The molecule has 1 saturated heterocycles. The van der Waals surface area contributed by atoms with Gasteiger partial charge in [-0.1, -0.05) is 19.4 Å². The Hall–Kier alpha value is -2.94. The smallest absolute Gasteiger partial charge is 0.415 e. The van der Waals surface area contributed by atoms with Gasteiger partial charge in [-0.15, -0.1) is 0 Å². The largest absolute Gasteiger partial charge is 0.444 e. The van der Waals surface area contributed by atoms with Gasteiger partial charge in [0.05, 0.1) is 24.8 Å². The van der Waals surface area contributed by atoms with Gasteiger partial charge in [0, 0.05) is 36.5 Å². The number of nitrogens with zero attached hydrogens (tertiary/aromatic N) is 3. The van der Waals surface area contributed by atoms with E-state index >= 15 is 0 Å². The van der Waals surface area contributed by atoms with E-state index in [2.05, 4.69) is 22.3 Å². The fourth-order valence-corrected chi connectivity index (χ4v) is 4.47. The summed E-state index contributed by atoms with van der Waals surface area (Å²) in [6, 6.07) is 3.29. The number of fused-ring (bicyclic) bond motifs is 3. The summed E-state index contributed by atoms with van der Waals surface area (Å²) in [6.07, 6.45) is 4.53. The van der Waals surface area contributed by atoms with Gasteiger partial charge >= 0.3 is 6.09 Å². The van der Waals surface area contributed by atoms with Crippen molar-refractivity contribution < 1.29 is 13.9 Å². The van der Waals surface area contributed by atoms with Crippen LogP contribution in [0.25, 0.3) is 5.57 Å². The molecule has 2 atom stereocenters. The molecule has 0 aliphatic carbocycles. The number of nitrogens with one attached hydrogen (secondary N) is 3. The number of carbonyl (C=O) groups excluding carboxylic acids is 1. The van der Waals surface area contributed by atoms with Crippen LogP contribution in [0.5, 0.6) is 0 Å². The number of amides is 1. The number of halogens is 1. The van der Waals surface area contributed by atoms with E-state index in [1.807, 2.05) is 12.1 Å². The van der Waals surface area contributed by atoms with Crippen LogP contribution in [0.2, 0.25) is 0 Å². The predicted octanol–water partition coefficient (Wildman–Crippen LogP) is 3.74. The van der Waals surface area contributed by atoms with Gasteiger partial charge in [-0.3, -0.25) is 9.89 Å². The van der Waals surface area contributed by atoms with Gasteiger partial charge in [-0.25, -0.2) is 14.7 Å². The first-order chi connectivity index (χ1) is 15.0. The quantitative estimate of drug-likeness (QED) is 0.413. The molecule has 1 amide bonds. The van der Waals surface area contributed by atoms with E-state index in [0.717, 1.165) is 29.7 Å². The number of aliphatic imine (C=N–C) groups is 1. The summed E-state index contributed by atoms with van der Waals surface area (Å²) in [5, 5.41) is 14.0. The Kier molecular flexibility index (Phi) is 6.22. The van der Waals surface area contributed by atoms with Crippen LogP contribution < -0.4 is 10.2 Å². The van der Waals surface area contributed by atoms with E-state index in [-0.39, 0.29) is 30.6 Å². The first-order valence-corrected chi connectivity index (χ1v) is 10.7. The lowest BCUT2D eigenvalue weighted by molar-refractivity contribution is 0.125. The Morgan fingerprint density at radius 1 is 1.45 bits per heavy atom. The summed E-state index contributed by atoms with van der Waals surface area (Å²) < 4.78 is 20.5. The fourth-order valence-electron chi connectivity index (χ4n) is 4.47. The van der Waals surface area contributed by atoms with E-state index in [0.29, 0.717) is 49.4 Å². The maximum Gasteiger partial charge on any atom is 0.415 e. The van der Waals surface area contributed by atoms with Gasteiger partial charge in [0.25, 0.3) is 0 Å². The first kappa shape index (κ1) is 21.3. The molecule has 31 heavy (non-hydrogen) atoms. The van der Waals surface area contributed by atoms with Crippen LogP contribution in [0.1, 0.15) is 37.3 Å². The van der Waals surface area contributed by atoms with Crippen LogP contribution in [0.15, 0.2) is 28.3 Å². The summed E-state index contributed by atoms with van der Waals surface area (Å²) in [7, 11) is 0. The van der Waals surface area contributed by atoms with Gasteiger partial charge in [0.2, 0.25) is 0 Å². The van der Waals surface area contributed by atoms with Crippen LogP contribution in [-0.4, -0.2) is 55.8 Å². The van der Waals surface area contributed by atoms with E-state index < -0.39 is 0 Å². The molecule has 3 aliphatic heterocycles. The molecule has 0 aromatic heterocycles. The number of benzene rings is 1. The third-order valence-electron chi connectivity index (χ3n) is 5.98. The molecule has 1 fully saturated rings. The number of carbonyl (C=O) groups is 1. The number of rotatable bonds is 9. The fraction of sp³-hybridized carbons (Fsp3) is 0.500. The Balaban J connectivity index is 1.42. The summed E-state index contributed by atoms with van der Waals surface area (Å²) >= 11 is 0. The summed E-state index contributed by atoms with van der Waals surface area (Å²) in [5.74, 6) is -0.346. The number of hydrogen-bond donors (Lipinski definition) is 3. The molecule has 1 aromatic carbocycles. The molecule has 0 radical (unpaired) electrons. The van der Waals surface area contributed by atoms with E-state index in [1.165, 1.54) is 6.07 Å². The highest BCUT2D eigenvalue weighted by Gasteiger charge is 2.47. The molecule has 0 spiro atoms. The second-order valence-corrected chi connectivity index (χ2v) is 8.15. The molecule has 8 nitrogen and oxygen atoms in total. The topological polar surface area (TPSA) is 114 Å². The molecule has 1 aromatic rings. The Bertz CT molecular complexity index is 973. The minimum atomic E-state index is -0.377. The Labute approximate surface area is 180 Å². The normalized spacial score (nSPS) is 21.9. The van der Waals surface area contributed by atoms with Gasteiger partial charge in [-0.2, -0.15) is 5.11 Å². The van der Waals surface area contributed by atoms with Crippen molar-refractivity contribution in [3.05, 3.63) is 35.2 Å². The zero-order chi connectivity index (χ0) is 22.0. The highest BCUT2D eigenvalue weighted by Crippen LogP contribution is 2.42. The number of cyclic esters (lactones) is 1. The van der Waals surface area contributed by atoms with Crippen molar-refractivity contribution in [2.45, 2.75) is 44.8 Å². The lowest BCUT2D eigenvalue weighted by Gasteiger charge is -2.17. The van der Waals surface area contributed by atoms with Gasteiger partial charge in [0.1, 0.15) is 11.9 Å². The number of dihydropyridines is 1. The van der Waals surface area contributed by atoms with Crippen molar-refractivity contribution in [1.82, 2.24) is 5.32 Å². The maximum absolute atomic E-state index is 15.0. The average Bonchev–Trinajstić information content (AvgIpc) is 3.26. The monoisotopic (exact) mass is 426 g/mol. The highest BCUT2D eigenvalue weighted by atomic mass is 19.1. The molecule has 2 unspecified atom stereocenters. The first-order valence-electron chi connectivity index (χ1n) is 10.7. The van der Waals surface area contributed by atoms with Crippen molar-refractivity contribution >= 4 is 28.8 Å². The van der Waals surface area contributed by atoms with Crippen LogP contribution >= 0.6 is 0 Å². The third-order valence-corrected chi connectivity index (χ3v) is 5.98. The molecule has 9 heteroatoms. The number of hydrogen-bond acceptors (Lipinski definition) is 7. The van der Waals surface area contributed by atoms with E-state index in [4.69, 9.17) is 15.7 Å². The molecular weight excluding hydrogens is 399 g/mol. The number of allylic oxidation sites excluding steroid dienone is 1. The molecule has 4 rings (SSSR count). The van der Waals surface area contributed by atoms with Crippen molar-refractivity contribution in [1.29, 1.82) is 10.9 Å². The second-order valence-electron chi connectivity index (χ2n) is 8.15. The molecule has 3 heterocycles. The Morgan fingerprint density at radius 3 is 3.00 bits per heavy atom. The zero-order valence-corrected chi connectivity index (χ0v) is 17.6. The standard InChI is InChI=1S/C22H27FN6O2/c1-2-3-21-20-7-14-6-17(18(23)8-19(14)29(20)22(30)31-21)13-4-5-16(27-9-13)12-26-10-15(24)11-28-25/h4,6,8,20-21,24-26H,2-3,5,7,9-12H2,1H3. The lowest BCUT2D eigenvalue weighted by Crippen LogP contribution is -2.33. The van der Waals surface area contributed by atoms with E-state index in [1.54, 1.807) is 4.90 Å². The molecule has 3 aliphatic rings. The van der Waals surface area contributed by atoms with Crippen molar-refractivity contribution in [3.8, 4) is 0 Å². The maximum atomic E-state index is 15.0. The minimum absolute atomic E-state index is 0.0466. The number of ether oxygens (including phenoxy) is 1. The van der Waals surface area contributed by atoms with Crippen LogP contribution in [0.4, 0.5) is 14.9 Å². The van der Waals surface area contributed by atoms with Crippen LogP contribution in [0.3, 0.4) is 0 Å². The van der Waals surface area contributed by atoms with Crippen LogP contribution in [-0.2, 0) is 11.2 Å². The number of anilines is 1. The van der Waals surface area contributed by atoms with Gasteiger partial charge in [-0.05, 0) is 36.1 Å². The average molecular weight is 426 g/mol. The minimum Gasteiger partial charge on any atom is -0.444 e. The highest BCUT2D eigenvalue weighted by molar-refractivity contribution is 5.95. The molecule has 0 bridgehead atoms. The molecular formula is C22H27FN6O2. The SMILES string of the molecule is CCCC1OC(=O)N2c3cc(F)c(C4=CCC(CNCC(=N)CN=N)=NC4)cc3CC12. The van der Waals surface area contributed by atoms with Crippen LogP contribution in [0, 0.1) is 16.8 Å². The van der Waals surface area contributed by atoms with Crippen molar-refractivity contribution in [2.75, 3.05) is 31.1 Å². The molecule has 3 N–H and O–H groups in total. The lowest BCUT2D eigenvalue weighted by atomic mass is 9.96. The Morgan fingerprint density at radius 2 is 2.29 bits per heavy atom. The second kappa shape index (κ2) is 9.05. The third kappa shape index (κ3) is 4.27. The zero-order valence-electron chi connectivity index (χ0n) is 17.6. The van der Waals surface area contributed by atoms with Crippen molar-refractivity contribution in [2.24, 2.45) is 10.1 Å². The summed E-state index contributed by atoms with van der Waals surface area (Å²) in [6.45, 7) is 3.49.